The van der Waals surface area contributed by atoms with Crippen molar-refractivity contribution >= 4 is 11.9 Å². The molecule has 0 aliphatic heterocycles. The Kier molecular flexibility index (Phi) is 9.37. The highest BCUT2D eigenvalue weighted by molar-refractivity contribution is 5.89. The first kappa shape index (κ1) is 20.3. The normalized spacial score (nSPS) is 15.7. The van der Waals surface area contributed by atoms with Crippen LogP contribution >= 0.6 is 0 Å². The summed E-state index contributed by atoms with van der Waals surface area (Å²) in [6.45, 7) is 7.99. The average molecular weight is 314 g/mol. The number of ether oxygens (including phenoxy) is 2. The van der Waals surface area contributed by atoms with E-state index in [9.17, 15) is 19.8 Å². The summed E-state index contributed by atoms with van der Waals surface area (Å²) in [7, 11) is 0. The number of rotatable bonds is 8. The molecule has 0 fully saturated rings. The molecule has 0 radical (unpaired) electrons. The van der Waals surface area contributed by atoms with Crippen LogP contribution in [0.5, 0.6) is 0 Å². The maximum atomic E-state index is 11.8. The molecule has 6 heteroatoms. The monoisotopic (exact) mass is 314 g/mol. The maximum Gasteiger partial charge on any atom is 0.333 e. The Bertz CT molecular complexity index is 448. The van der Waals surface area contributed by atoms with Crippen molar-refractivity contribution < 1.29 is 29.3 Å². The minimum Gasteiger partial charge on any atom is -0.459 e. The van der Waals surface area contributed by atoms with Gasteiger partial charge in [0, 0.05) is 17.6 Å². The van der Waals surface area contributed by atoms with Crippen LogP contribution in [-0.2, 0) is 19.1 Å². The molecular weight excluding hydrogens is 288 g/mol. The van der Waals surface area contributed by atoms with Crippen LogP contribution in [0.25, 0.3) is 0 Å². The number of aliphatic hydroxyl groups is 2. The molecule has 126 valence electrons. The van der Waals surface area contributed by atoms with Gasteiger partial charge >= 0.3 is 11.9 Å². The van der Waals surface area contributed by atoms with Crippen molar-refractivity contribution in [3.8, 4) is 0 Å². The number of aliphatic hydroxyl groups excluding tert-OH is 2. The predicted molar refractivity (Wildman–Crippen MR) is 82.0 cm³/mol. The van der Waals surface area contributed by atoms with Crippen molar-refractivity contribution in [2.75, 3.05) is 13.2 Å². The molecule has 0 rings (SSSR count). The zero-order chi connectivity index (χ0) is 17.3. The Morgan fingerprint density at radius 3 is 2.00 bits per heavy atom. The molecule has 6 nitrogen and oxygen atoms in total. The lowest BCUT2D eigenvalue weighted by molar-refractivity contribution is -0.147. The van der Waals surface area contributed by atoms with Crippen LogP contribution in [0.4, 0.5) is 0 Å². The Hall–Kier alpha value is -1.66. The van der Waals surface area contributed by atoms with Crippen LogP contribution < -0.4 is 0 Å². The van der Waals surface area contributed by atoms with Crippen LogP contribution in [0, 0.1) is 0 Å². The smallest absolute Gasteiger partial charge is 0.333 e. The average Bonchev–Trinajstić information content (AvgIpc) is 2.47. The fraction of sp³-hybridized carbons (Fsp3) is 0.625. The van der Waals surface area contributed by atoms with E-state index >= 15 is 0 Å². The van der Waals surface area contributed by atoms with Crippen molar-refractivity contribution in [1.29, 1.82) is 0 Å². The number of carbonyl (C=O) groups excluding carboxylic acids is 2. The predicted octanol–water partition coefficient (Wildman–Crippen LogP) is 1.51. The van der Waals surface area contributed by atoms with E-state index in [4.69, 9.17) is 9.47 Å². The van der Waals surface area contributed by atoms with E-state index in [0.717, 1.165) is 0 Å². The Morgan fingerprint density at radius 2 is 1.55 bits per heavy atom. The SMILES string of the molecule is CC=C(C)C(=O)OCCOC(=O)C(C)=C(C)C(O)CC(C)O. The molecule has 0 amide bonds. The Labute approximate surface area is 131 Å². The molecule has 0 aromatic rings. The van der Waals surface area contributed by atoms with Crippen LogP contribution in [0.2, 0.25) is 0 Å². The van der Waals surface area contributed by atoms with Crippen molar-refractivity contribution in [3.05, 3.63) is 22.8 Å². The van der Waals surface area contributed by atoms with Crippen molar-refractivity contribution in [2.24, 2.45) is 0 Å². The molecule has 0 bridgehead atoms. The van der Waals surface area contributed by atoms with Gasteiger partial charge in [0.05, 0.1) is 12.2 Å². The summed E-state index contributed by atoms with van der Waals surface area (Å²) < 4.78 is 9.88. The molecule has 0 aromatic heterocycles. The van der Waals surface area contributed by atoms with E-state index in [-0.39, 0.29) is 25.2 Å². The molecule has 22 heavy (non-hydrogen) atoms. The van der Waals surface area contributed by atoms with Gasteiger partial charge in [-0.3, -0.25) is 0 Å². The molecule has 0 aliphatic carbocycles. The lowest BCUT2D eigenvalue weighted by Gasteiger charge is -2.15. The molecule has 0 saturated carbocycles. The number of hydrogen-bond acceptors (Lipinski definition) is 6. The number of hydrogen-bond donors (Lipinski definition) is 2. The second kappa shape index (κ2) is 10.1. The lowest BCUT2D eigenvalue weighted by atomic mass is 10.0. The number of esters is 2. The third-order valence-electron chi connectivity index (χ3n) is 3.27. The number of allylic oxidation sites excluding steroid dienone is 1. The fourth-order valence-electron chi connectivity index (χ4n) is 1.52. The zero-order valence-corrected chi connectivity index (χ0v) is 13.9. The minimum absolute atomic E-state index is 0.0295. The van der Waals surface area contributed by atoms with E-state index in [1.165, 1.54) is 0 Å². The third kappa shape index (κ3) is 7.38. The highest BCUT2D eigenvalue weighted by Crippen LogP contribution is 2.14. The summed E-state index contributed by atoms with van der Waals surface area (Å²) in [6, 6.07) is 0. The standard InChI is InChI=1S/C16H26O6/c1-6-10(2)15(19)21-7-8-22-16(20)13(5)12(4)14(18)9-11(3)17/h6,11,14,17-18H,7-9H2,1-5H3. The summed E-state index contributed by atoms with van der Waals surface area (Å²) in [4.78, 5) is 23.2. The van der Waals surface area contributed by atoms with Gasteiger partial charge in [-0.2, -0.15) is 0 Å². The summed E-state index contributed by atoms with van der Waals surface area (Å²) in [5.41, 5.74) is 1.22. The van der Waals surface area contributed by atoms with Gasteiger partial charge in [0.2, 0.25) is 0 Å². The highest BCUT2D eigenvalue weighted by atomic mass is 16.6. The van der Waals surface area contributed by atoms with E-state index in [0.29, 0.717) is 11.1 Å². The molecule has 0 saturated heterocycles. The summed E-state index contributed by atoms with van der Waals surface area (Å²) in [6.07, 6.45) is 0.218. The Balaban J connectivity index is 4.34. The largest absolute Gasteiger partial charge is 0.459 e. The molecule has 2 N–H and O–H groups in total. The van der Waals surface area contributed by atoms with E-state index < -0.39 is 24.1 Å². The fourth-order valence-corrected chi connectivity index (χ4v) is 1.52. The summed E-state index contributed by atoms with van der Waals surface area (Å²) in [5.74, 6) is -1.03. The molecule has 2 unspecified atom stereocenters. The van der Waals surface area contributed by atoms with Crippen molar-refractivity contribution in [3.63, 3.8) is 0 Å². The third-order valence-corrected chi connectivity index (χ3v) is 3.27. The van der Waals surface area contributed by atoms with Gasteiger partial charge in [0.1, 0.15) is 13.2 Å². The van der Waals surface area contributed by atoms with Gasteiger partial charge in [0.15, 0.2) is 0 Å². The van der Waals surface area contributed by atoms with Gasteiger partial charge in [-0.1, -0.05) is 6.08 Å². The second-order valence-electron chi connectivity index (χ2n) is 5.15. The van der Waals surface area contributed by atoms with Crippen molar-refractivity contribution in [1.82, 2.24) is 0 Å². The van der Waals surface area contributed by atoms with Gasteiger partial charge in [-0.15, -0.1) is 0 Å². The first-order chi connectivity index (χ1) is 10.2. The summed E-state index contributed by atoms with van der Waals surface area (Å²) >= 11 is 0. The molecule has 2 atom stereocenters. The first-order valence-corrected chi connectivity index (χ1v) is 7.21. The minimum atomic E-state index is -0.900. The molecule has 0 heterocycles. The highest BCUT2D eigenvalue weighted by Gasteiger charge is 2.17. The molecule has 0 aliphatic rings. The zero-order valence-electron chi connectivity index (χ0n) is 13.9. The maximum absolute atomic E-state index is 11.8. The molecule has 0 spiro atoms. The van der Waals surface area contributed by atoms with E-state index in [1.807, 2.05) is 0 Å². The van der Waals surface area contributed by atoms with Crippen molar-refractivity contribution in [2.45, 2.75) is 53.2 Å². The number of carbonyl (C=O) groups is 2. The quantitative estimate of drug-likeness (QED) is 0.401. The summed E-state index contributed by atoms with van der Waals surface area (Å²) in [5, 5.41) is 19.1. The van der Waals surface area contributed by atoms with Crippen LogP contribution in [0.1, 0.15) is 41.0 Å². The first-order valence-electron chi connectivity index (χ1n) is 7.21. The topological polar surface area (TPSA) is 93.1 Å². The van der Waals surface area contributed by atoms with Gasteiger partial charge in [-0.25, -0.2) is 9.59 Å². The van der Waals surface area contributed by atoms with Gasteiger partial charge < -0.3 is 19.7 Å². The van der Waals surface area contributed by atoms with E-state index in [2.05, 4.69) is 0 Å². The molecular formula is C16H26O6. The van der Waals surface area contributed by atoms with E-state index in [1.54, 1.807) is 40.7 Å². The Morgan fingerprint density at radius 1 is 1.05 bits per heavy atom. The van der Waals surface area contributed by atoms with Crippen LogP contribution in [0.15, 0.2) is 22.8 Å². The van der Waals surface area contributed by atoms with Crippen LogP contribution in [-0.4, -0.2) is 47.6 Å². The van der Waals surface area contributed by atoms with Crippen LogP contribution in [0.3, 0.4) is 0 Å². The van der Waals surface area contributed by atoms with Gasteiger partial charge in [-0.05, 0) is 40.2 Å². The van der Waals surface area contributed by atoms with Gasteiger partial charge in [0.25, 0.3) is 0 Å². The second-order valence-corrected chi connectivity index (χ2v) is 5.15. The lowest BCUT2D eigenvalue weighted by Crippen LogP contribution is -2.20. The molecule has 0 aromatic carbocycles.